The van der Waals surface area contributed by atoms with Crippen molar-refractivity contribution in [2.24, 2.45) is 4.99 Å². The van der Waals surface area contributed by atoms with Crippen LogP contribution in [0.5, 0.6) is 17.4 Å². The number of nitrogens with one attached hydrogen (secondary N) is 1. The SMILES string of the molecule is COc1ccc(OC)c(N=Cc2c(O)n(C(C)(C)C)c(=O)[nH]c2=O)c1. The molecule has 134 valence electrons. The Kier molecular flexibility index (Phi) is 5.01. The Balaban J connectivity index is 2.60. The molecule has 2 rings (SSSR count). The zero-order valence-electron chi connectivity index (χ0n) is 14.8. The average Bonchev–Trinajstić information content (AvgIpc) is 2.52. The molecule has 8 heteroatoms. The second kappa shape index (κ2) is 6.84. The predicted octanol–water partition coefficient (Wildman–Crippen LogP) is 1.76. The first-order chi connectivity index (χ1) is 11.7. The Hall–Kier alpha value is -3.03. The lowest BCUT2D eigenvalue weighted by atomic mass is 10.1. The van der Waals surface area contributed by atoms with Crippen molar-refractivity contribution in [3.05, 3.63) is 44.6 Å². The largest absolute Gasteiger partial charge is 0.497 e. The van der Waals surface area contributed by atoms with Crippen LogP contribution in [0.3, 0.4) is 0 Å². The van der Waals surface area contributed by atoms with Crippen LogP contribution >= 0.6 is 0 Å². The number of H-pyrrole nitrogens is 1. The van der Waals surface area contributed by atoms with Crippen molar-refractivity contribution in [1.82, 2.24) is 9.55 Å². The smallest absolute Gasteiger partial charge is 0.331 e. The van der Waals surface area contributed by atoms with Crippen LogP contribution < -0.4 is 20.7 Å². The minimum atomic E-state index is -0.728. The van der Waals surface area contributed by atoms with E-state index in [4.69, 9.17) is 9.47 Å². The highest BCUT2D eigenvalue weighted by Crippen LogP contribution is 2.31. The van der Waals surface area contributed by atoms with Crippen LogP contribution in [-0.4, -0.2) is 35.1 Å². The van der Waals surface area contributed by atoms with Gasteiger partial charge in [-0.05, 0) is 32.9 Å². The quantitative estimate of drug-likeness (QED) is 0.820. The molecule has 0 unspecified atom stereocenters. The Morgan fingerprint density at radius 1 is 1.20 bits per heavy atom. The van der Waals surface area contributed by atoms with Crippen LogP contribution in [0.25, 0.3) is 0 Å². The van der Waals surface area contributed by atoms with E-state index in [9.17, 15) is 14.7 Å². The van der Waals surface area contributed by atoms with Crippen LogP contribution in [-0.2, 0) is 5.54 Å². The number of hydrogen-bond acceptors (Lipinski definition) is 6. The summed E-state index contributed by atoms with van der Waals surface area (Å²) in [4.78, 5) is 30.4. The number of benzene rings is 1. The van der Waals surface area contributed by atoms with Gasteiger partial charge in [0, 0.05) is 17.8 Å². The molecule has 0 saturated carbocycles. The molecule has 0 atom stereocenters. The molecule has 0 aliphatic rings. The van der Waals surface area contributed by atoms with Crippen molar-refractivity contribution in [3.63, 3.8) is 0 Å². The Labute approximate surface area is 144 Å². The summed E-state index contributed by atoms with van der Waals surface area (Å²) >= 11 is 0. The maximum atomic E-state index is 12.1. The van der Waals surface area contributed by atoms with E-state index < -0.39 is 22.7 Å². The highest BCUT2D eigenvalue weighted by Gasteiger charge is 2.22. The molecule has 0 aliphatic carbocycles. The van der Waals surface area contributed by atoms with Gasteiger partial charge in [-0.15, -0.1) is 0 Å². The molecule has 0 radical (unpaired) electrons. The molecule has 1 aromatic carbocycles. The van der Waals surface area contributed by atoms with Gasteiger partial charge in [0.1, 0.15) is 22.7 Å². The van der Waals surface area contributed by atoms with Gasteiger partial charge in [-0.2, -0.15) is 0 Å². The van der Waals surface area contributed by atoms with Gasteiger partial charge in [0.25, 0.3) is 5.56 Å². The summed E-state index contributed by atoms with van der Waals surface area (Å²) in [5, 5.41) is 10.4. The number of rotatable bonds is 4. The number of nitrogens with zero attached hydrogens (tertiary/aromatic N) is 2. The van der Waals surface area contributed by atoms with E-state index in [0.717, 1.165) is 4.57 Å². The molecule has 2 N–H and O–H groups in total. The van der Waals surface area contributed by atoms with Gasteiger partial charge >= 0.3 is 5.69 Å². The van der Waals surface area contributed by atoms with E-state index in [1.54, 1.807) is 39.0 Å². The standard InChI is InChI=1S/C17H21N3O5/c1-17(2,3)20-15(22)11(14(21)19-16(20)23)9-18-12-8-10(24-4)6-7-13(12)25-5/h6-9,22H,1-5H3,(H,19,21,23). The number of methoxy groups -OCH3 is 2. The summed E-state index contributed by atoms with van der Waals surface area (Å²) in [7, 11) is 3.01. The number of aromatic amines is 1. The highest BCUT2D eigenvalue weighted by atomic mass is 16.5. The van der Waals surface area contributed by atoms with Gasteiger partial charge in [0.15, 0.2) is 0 Å². The molecule has 25 heavy (non-hydrogen) atoms. The number of ether oxygens (including phenoxy) is 2. The fraction of sp³-hybridized carbons (Fsp3) is 0.353. The summed E-state index contributed by atoms with van der Waals surface area (Å²) in [6.45, 7) is 5.20. The topological polar surface area (TPSA) is 106 Å². The lowest BCUT2D eigenvalue weighted by Crippen LogP contribution is -2.40. The van der Waals surface area contributed by atoms with Gasteiger partial charge in [-0.25, -0.2) is 4.79 Å². The minimum absolute atomic E-state index is 0.126. The normalized spacial score (nSPS) is 11.7. The second-order valence-electron chi connectivity index (χ2n) is 6.30. The van der Waals surface area contributed by atoms with Gasteiger partial charge < -0.3 is 14.6 Å². The molecular weight excluding hydrogens is 326 g/mol. The zero-order valence-corrected chi connectivity index (χ0v) is 14.8. The summed E-state index contributed by atoms with van der Waals surface area (Å²) < 4.78 is 11.5. The number of aromatic nitrogens is 2. The summed E-state index contributed by atoms with van der Waals surface area (Å²) in [5.41, 5.74) is -1.85. The van der Waals surface area contributed by atoms with Crippen molar-refractivity contribution in [2.75, 3.05) is 14.2 Å². The molecule has 0 bridgehead atoms. The fourth-order valence-electron chi connectivity index (χ4n) is 2.31. The van der Waals surface area contributed by atoms with Crippen LogP contribution in [0.4, 0.5) is 5.69 Å². The molecule has 0 saturated heterocycles. The van der Waals surface area contributed by atoms with Crippen molar-refractivity contribution >= 4 is 11.9 Å². The third kappa shape index (κ3) is 3.73. The molecule has 0 fully saturated rings. The van der Waals surface area contributed by atoms with Gasteiger partial charge in [-0.1, -0.05) is 0 Å². The fourth-order valence-corrected chi connectivity index (χ4v) is 2.31. The number of aliphatic imine (C=N–C) groups is 1. The molecule has 0 amide bonds. The maximum absolute atomic E-state index is 12.1. The van der Waals surface area contributed by atoms with E-state index in [0.29, 0.717) is 17.2 Å². The first kappa shape index (κ1) is 18.3. The number of hydrogen-bond donors (Lipinski definition) is 2. The Bertz CT molecular complexity index is 919. The predicted molar refractivity (Wildman–Crippen MR) is 94.8 cm³/mol. The molecule has 1 aromatic heterocycles. The Morgan fingerprint density at radius 2 is 1.88 bits per heavy atom. The van der Waals surface area contributed by atoms with Crippen molar-refractivity contribution in [2.45, 2.75) is 26.3 Å². The first-order valence-electron chi connectivity index (χ1n) is 7.54. The maximum Gasteiger partial charge on any atom is 0.331 e. The van der Waals surface area contributed by atoms with Crippen LogP contribution in [0, 0.1) is 0 Å². The molecule has 1 heterocycles. The molecule has 8 nitrogen and oxygen atoms in total. The number of aromatic hydroxyl groups is 1. The third-order valence-corrected chi connectivity index (χ3v) is 3.51. The highest BCUT2D eigenvalue weighted by molar-refractivity contribution is 5.84. The average molecular weight is 347 g/mol. The van der Waals surface area contributed by atoms with E-state index in [1.807, 2.05) is 0 Å². The summed E-state index contributed by atoms with van der Waals surface area (Å²) in [6, 6.07) is 5.01. The monoisotopic (exact) mass is 347 g/mol. The van der Waals surface area contributed by atoms with Crippen LogP contribution in [0.2, 0.25) is 0 Å². The third-order valence-electron chi connectivity index (χ3n) is 3.51. The van der Waals surface area contributed by atoms with Crippen molar-refractivity contribution < 1.29 is 14.6 Å². The van der Waals surface area contributed by atoms with Crippen molar-refractivity contribution in [3.8, 4) is 17.4 Å². The van der Waals surface area contributed by atoms with Gasteiger partial charge in [-0.3, -0.25) is 19.3 Å². The first-order valence-corrected chi connectivity index (χ1v) is 7.54. The van der Waals surface area contributed by atoms with E-state index in [-0.39, 0.29) is 5.56 Å². The molecule has 0 aliphatic heterocycles. The van der Waals surface area contributed by atoms with Gasteiger partial charge in [0.2, 0.25) is 5.88 Å². The molecule has 2 aromatic rings. The second-order valence-corrected chi connectivity index (χ2v) is 6.30. The molecular formula is C17H21N3O5. The Morgan fingerprint density at radius 3 is 2.44 bits per heavy atom. The van der Waals surface area contributed by atoms with E-state index in [1.165, 1.54) is 20.4 Å². The van der Waals surface area contributed by atoms with Crippen molar-refractivity contribution in [1.29, 1.82) is 0 Å². The van der Waals surface area contributed by atoms with Gasteiger partial charge in [0.05, 0.1) is 14.2 Å². The van der Waals surface area contributed by atoms with Crippen LogP contribution in [0.15, 0.2) is 32.8 Å². The van der Waals surface area contributed by atoms with E-state index >= 15 is 0 Å². The lowest BCUT2D eigenvalue weighted by Gasteiger charge is -2.23. The van der Waals surface area contributed by atoms with E-state index in [2.05, 4.69) is 9.98 Å². The zero-order chi connectivity index (χ0) is 18.8. The van der Waals surface area contributed by atoms with Crippen LogP contribution in [0.1, 0.15) is 26.3 Å². The minimum Gasteiger partial charge on any atom is -0.497 e. The summed E-state index contributed by atoms with van der Waals surface area (Å²) in [6.07, 6.45) is 1.19. The lowest BCUT2D eigenvalue weighted by molar-refractivity contribution is 0.305. The summed E-state index contributed by atoms with van der Waals surface area (Å²) in [5.74, 6) is 0.578. The molecule has 0 spiro atoms.